The van der Waals surface area contributed by atoms with Crippen LogP contribution < -0.4 is 9.47 Å². The Labute approximate surface area is 163 Å². The molecule has 0 amide bonds. The van der Waals surface area contributed by atoms with E-state index in [4.69, 9.17) is 0 Å². The summed E-state index contributed by atoms with van der Waals surface area (Å²) in [6, 6.07) is 10.8. The van der Waals surface area contributed by atoms with Crippen molar-refractivity contribution in [1.29, 1.82) is 0 Å². The Balaban J connectivity index is 1.93. The summed E-state index contributed by atoms with van der Waals surface area (Å²) >= 11 is 0. The lowest BCUT2D eigenvalue weighted by Gasteiger charge is -2.26. The number of nitrogens with zero attached hydrogens (tertiary/aromatic N) is 2. The topological polar surface area (TPSA) is 7.12 Å². The molecule has 3 rings (SSSR count). The van der Waals surface area contributed by atoms with Gasteiger partial charge in [0.2, 0.25) is 5.69 Å². The molecule has 0 N–H and O–H groups in total. The van der Waals surface area contributed by atoms with Crippen molar-refractivity contribution in [2.24, 2.45) is 0 Å². The molecule has 1 aromatic carbocycles. The molecule has 0 atom stereocenters. The summed E-state index contributed by atoms with van der Waals surface area (Å²) in [5.41, 5.74) is 7.65. The van der Waals surface area contributed by atoms with Gasteiger partial charge in [-0.25, -0.2) is 0 Å². The van der Waals surface area contributed by atoms with Crippen molar-refractivity contribution in [3.63, 3.8) is 0 Å². The van der Waals surface area contributed by atoms with Gasteiger partial charge in [0.15, 0.2) is 6.20 Å². The minimum absolute atomic E-state index is 0.976. The third-order valence-corrected chi connectivity index (χ3v) is 5.08. The summed E-state index contributed by atoms with van der Waals surface area (Å²) in [6.45, 7) is 10.6. The molecular formula is C25H29N2+. The van der Waals surface area contributed by atoms with Gasteiger partial charge in [-0.1, -0.05) is 42.5 Å². The van der Waals surface area contributed by atoms with E-state index in [1.54, 1.807) is 0 Å². The highest BCUT2D eigenvalue weighted by Gasteiger charge is 2.14. The average molecular weight is 358 g/mol. The molecule has 2 aromatic rings. The second kappa shape index (κ2) is 8.68. The number of aromatic nitrogens is 1. The fourth-order valence-corrected chi connectivity index (χ4v) is 3.56. The van der Waals surface area contributed by atoms with Gasteiger partial charge in [0.1, 0.15) is 6.54 Å². The number of fused-ring (bicyclic) bond motifs is 1. The molecule has 2 heteroatoms. The molecule has 0 radical (unpaired) electrons. The third-order valence-electron chi connectivity index (χ3n) is 5.08. The zero-order valence-electron chi connectivity index (χ0n) is 16.8. The van der Waals surface area contributed by atoms with Gasteiger partial charge >= 0.3 is 0 Å². The van der Waals surface area contributed by atoms with Crippen LogP contribution in [0.4, 0.5) is 5.69 Å². The fraction of sp³-hybridized carbons (Fsp3) is 0.240. The Hall–Kier alpha value is -2.87. The van der Waals surface area contributed by atoms with Gasteiger partial charge in [-0.2, -0.15) is 4.57 Å². The first-order valence-electron chi connectivity index (χ1n) is 9.78. The predicted octanol–water partition coefficient (Wildman–Crippen LogP) is 5.79. The van der Waals surface area contributed by atoms with Gasteiger partial charge in [0.05, 0.1) is 0 Å². The zero-order chi connectivity index (χ0) is 19.2. The second-order valence-corrected chi connectivity index (χ2v) is 6.67. The van der Waals surface area contributed by atoms with Crippen molar-refractivity contribution in [2.75, 3.05) is 11.4 Å². The van der Waals surface area contributed by atoms with E-state index in [9.17, 15) is 0 Å². The Kier molecular flexibility index (Phi) is 6.08. The first kappa shape index (κ1) is 18.9. The lowest BCUT2D eigenvalue weighted by atomic mass is 9.99. The molecule has 0 saturated heterocycles. The van der Waals surface area contributed by atoms with Crippen molar-refractivity contribution < 1.29 is 4.57 Å². The normalized spacial score (nSPS) is 15.3. The molecule has 0 bridgehead atoms. The summed E-state index contributed by atoms with van der Waals surface area (Å²) in [5, 5.41) is 0. The number of anilines is 1. The van der Waals surface area contributed by atoms with E-state index in [1.807, 2.05) is 0 Å². The maximum Gasteiger partial charge on any atom is 0.208 e. The van der Waals surface area contributed by atoms with Gasteiger partial charge in [0, 0.05) is 41.7 Å². The van der Waals surface area contributed by atoms with Gasteiger partial charge < -0.3 is 4.90 Å². The maximum absolute atomic E-state index is 2.28. The standard InChI is InChI=1S/C25H29N2/c1-5-11-24-20(4)21(16-18-26(24)6-2)12-10-13-22-17-19-27(7-3)25-15-9-8-14-23(22)25/h5,8-19H,6-7H2,1-4H3/q+1. The molecular weight excluding hydrogens is 328 g/mol. The van der Waals surface area contributed by atoms with Crippen LogP contribution in [0.3, 0.4) is 0 Å². The number of allylic oxidation sites excluding steroid dienone is 5. The van der Waals surface area contributed by atoms with Crippen molar-refractivity contribution in [3.05, 3.63) is 89.4 Å². The highest BCUT2D eigenvalue weighted by molar-refractivity contribution is 5.87. The van der Waals surface area contributed by atoms with Crippen LogP contribution in [0.15, 0.2) is 67.0 Å². The van der Waals surface area contributed by atoms with Gasteiger partial charge in [-0.15, -0.1) is 0 Å². The molecule has 0 unspecified atom stereocenters. The van der Waals surface area contributed by atoms with E-state index in [0.717, 1.165) is 13.1 Å². The summed E-state index contributed by atoms with van der Waals surface area (Å²) < 4.78 is 2.28. The van der Waals surface area contributed by atoms with Crippen LogP contribution >= 0.6 is 0 Å². The Morgan fingerprint density at radius 3 is 2.63 bits per heavy atom. The zero-order valence-corrected chi connectivity index (χ0v) is 16.8. The minimum atomic E-state index is 0.976. The van der Waals surface area contributed by atoms with Crippen molar-refractivity contribution >= 4 is 23.4 Å². The van der Waals surface area contributed by atoms with Crippen LogP contribution in [0.2, 0.25) is 0 Å². The van der Waals surface area contributed by atoms with Crippen LogP contribution in [0, 0.1) is 6.92 Å². The molecule has 0 saturated carbocycles. The summed E-state index contributed by atoms with van der Waals surface area (Å²) in [5.74, 6) is 0. The number of aryl methyl sites for hydroxylation is 1. The smallest absolute Gasteiger partial charge is 0.208 e. The van der Waals surface area contributed by atoms with E-state index in [1.165, 1.54) is 33.6 Å². The highest BCUT2D eigenvalue weighted by atomic mass is 15.1. The van der Waals surface area contributed by atoms with Crippen LogP contribution in [-0.2, 0) is 6.54 Å². The summed E-state index contributed by atoms with van der Waals surface area (Å²) in [7, 11) is 0. The van der Waals surface area contributed by atoms with Crippen molar-refractivity contribution in [2.45, 2.75) is 34.2 Å². The van der Waals surface area contributed by atoms with Crippen molar-refractivity contribution in [3.8, 4) is 0 Å². The number of pyridine rings is 1. The Morgan fingerprint density at radius 1 is 1.07 bits per heavy atom. The summed E-state index contributed by atoms with van der Waals surface area (Å²) in [4.78, 5) is 2.28. The van der Waals surface area contributed by atoms with Crippen LogP contribution in [0.25, 0.3) is 17.7 Å². The summed E-state index contributed by atoms with van der Waals surface area (Å²) in [6.07, 6.45) is 17.4. The first-order chi connectivity index (χ1) is 13.2. The quantitative estimate of drug-likeness (QED) is 0.615. The monoisotopic (exact) mass is 357 g/mol. The third kappa shape index (κ3) is 3.95. The molecule has 0 aliphatic carbocycles. The molecule has 0 spiro atoms. The molecule has 2 nitrogen and oxygen atoms in total. The van der Waals surface area contributed by atoms with E-state index in [2.05, 4.69) is 116 Å². The molecule has 1 aromatic heterocycles. The van der Waals surface area contributed by atoms with E-state index in [-0.39, 0.29) is 0 Å². The lowest BCUT2D eigenvalue weighted by molar-refractivity contribution is -0.695. The van der Waals surface area contributed by atoms with Gasteiger partial charge in [0.25, 0.3) is 0 Å². The van der Waals surface area contributed by atoms with Crippen LogP contribution in [0.1, 0.15) is 43.2 Å². The largest absolute Gasteiger partial charge is 0.348 e. The van der Waals surface area contributed by atoms with Crippen molar-refractivity contribution in [1.82, 2.24) is 0 Å². The minimum Gasteiger partial charge on any atom is -0.348 e. The van der Waals surface area contributed by atoms with Gasteiger partial charge in [-0.05, 0) is 51.0 Å². The number of benzene rings is 1. The van der Waals surface area contributed by atoms with Crippen LogP contribution in [0.5, 0.6) is 0 Å². The fourth-order valence-electron chi connectivity index (χ4n) is 3.56. The Bertz CT molecular complexity index is 929. The molecule has 0 fully saturated rings. The molecule has 27 heavy (non-hydrogen) atoms. The molecule has 1 aliphatic heterocycles. The average Bonchev–Trinajstić information content (AvgIpc) is 2.71. The maximum atomic E-state index is 2.28. The van der Waals surface area contributed by atoms with E-state index in [0.29, 0.717) is 0 Å². The number of hydrogen-bond acceptors (Lipinski definition) is 1. The van der Waals surface area contributed by atoms with E-state index < -0.39 is 0 Å². The SMILES string of the molecule is CC=Cc1c(C)c(C=CC=C2C=CN(CC)c3ccccc32)cc[n+]1CC. The lowest BCUT2D eigenvalue weighted by Crippen LogP contribution is -2.36. The van der Waals surface area contributed by atoms with Crippen LogP contribution in [-0.4, -0.2) is 6.54 Å². The molecule has 138 valence electrons. The molecule has 2 heterocycles. The number of para-hydroxylation sites is 1. The first-order valence-corrected chi connectivity index (χ1v) is 9.78. The Morgan fingerprint density at radius 2 is 1.89 bits per heavy atom. The van der Waals surface area contributed by atoms with Gasteiger partial charge in [-0.3, -0.25) is 0 Å². The predicted molar refractivity (Wildman–Crippen MR) is 117 cm³/mol. The second-order valence-electron chi connectivity index (χ2n) is 6.67. The number of hydrogen-bond donors (Lipinski definition) is 0. The number of rotatable bonds is 5. The highest BCUT2D eigenvalue weighted by Crippen LogP contribution is 2.32. The molecule has 1 aliphatic rings. The van der Waals surface area contributed by atoms with E-state index >= 15 is 0 Å².